The number of nitrogen functional groups attached to an aromatic ring is 1. The molecule has 0 unspecified atom stereocenters. The van der Waals surface area contributed by atoms with Gasteiger partial charge in [0.2, 0.25) is 10.0 Å². The van der Waals surface area contributed by atoms with Gasteiger partial charge in [-0.25, -0.2) is 8.42 Å². The average Bonchev–Trinajstić information content (AvgIpc) is 2.32. The summed E-state index contributed by atoms with van der Waals surface area (Å²) < 4.78 is 25.1. The van der Waals surface area contributed by atoms with Gasteiger partial charge in [-0.15, -0.1) is 0 Å². The Morgan fingerprint density at radius 1 is 1.28 bits per heavy atom. The fraction of sp³-hybridized carbons (Fsp3) is 0.273. The van der Waals surface area contributed by atoms with Gasteiger partial charge in [-0.05, 0) is 24.6 Å². The first-order chi connectivity index (χ1) is 8.43. The number of hydrogen-bond acceptors (Lipinski definition) is 5. The van der Waals surface area contributed by atoms with Crippen LogP contribution in [0.5, 0.6) is 0 Å². The second-order valence-electron chi connectivity index (χ2n) is 3.61. The summed E-state index contributed by atoms with van der Waals surface area (Å²) in [6.45, 7) is 1.02. The minimum absolute atomic E-state index is 0.0175. The molecule has 7 heteroatoms. The van der Waals surface area contributed by atoms with Crippen molar-refractivity contribution in [3.05, 3.63) is 23.8 Å². The number of aryl methyl sites for hydroxylation is 1. The summed E-state index contributed by atoms with van der Waals surface area (Å²) in [5, 5.41) is 17.2. The average molecular weight is 264 g/mol. The number of sulfonamides is 1. The van der Waals surface area contributed by atoms with Gasteiger partial charge in [-0.2, -0.15) is 14.8 Å². The van der Waals surface area contributed by atoms with Crippen molar-refractivity contribution >= 4 is 15.7 Å². The molecule has 0 fully saturated rings. The Bertz CT molecular complexity index is 609. The van der Waals surface area contributed by atoms with Gasteiger partial charge < -0.3 is 5.73 Å². The summed E-state index contributed by atoms with van der Waals surface area (Å²) in [4.78, 5) is -0.0175. The molecule has 0 aliphatic carbocycles. The summed E-state index contributed by atoms with van der Waals surface area (Å²) in [6.07, 6.45) is 0. The first kappa shape index (κ1) is 14.0. The molecule has 1 rings (SSSR count). The Morgan fingerprint density at radius 2 is 1.83 bits per heavy atom. The predicted octanol–water partition coefficient (Wildman–Crippen LogP) is 0.615. The van der Waals surface area contributed by atoms with Crippen molar-refractivity contribution in [3.8, 4) is 12.1 Å². The fourth-order valence-electron chi connectivity index (χ4n) is 1.31. The molecule has 0 heterocycles. The summed E-state index contributed by atoms with van der Waals surface area (Å²) in [5.74, 6) is 0. The molecule has 1 aromatic carbocycles. The SMILES string of the molecule is Cc1ccc(S(=O)(=O)N(CC#N)CC#N)cc1N. The van der Waals surface area contributed by atoms with Crippen LogP contribution in [0.25, 0.3) is 0 Å². The molecular formula is C11H12N4O2S. The minimum Gasteiger partial charge on any atom is -0.398 e. The minimum atomic E-state index is -3.86. The van der Waals surface area contributed by atoms with Gasteiger partial charge in [0.25, 0.3) is 0 Å². The number of anilines is 1. The number of nitrogens with zero attached hydrogens (tertiary/aromatic N) is 3. The fourth-order valence-corrected chi connectivity index (χ4v) is 2.58. The normalized spacial score (nSPS) is 10.9. The molecule has 0 saturated heterocycles. The lowest BCUT2D eigenvalue weighted by molar-refractivity contribution is 0.479. The zero-order valence-electron chi connectivity index (χ0n) is 9.79. The highest BCUT2D eigenvalue weighted by molar-refractivity contribution is 7.89. The van der Waals surface area contributed by atoms with E-state index >= 15 is 0 Å². The van der Waals surface area contributed by atoms with Crippen LogP contribution in [0.1, 0.15) is 5.56 Å². The molecule has 0 bridgehead atoms. The third-order valence-corrected chi connectivity index (χ3v) is 4.17. The Labute approximate surface area is 106 Å². The van der Waals surface area contributed by atoms with Gasteiger partial charge in [0.05, 0.1) is 17.0 Å². The van der Waals surface area contributed by atoms with E-state index in [1.165, 1.54) is 12.1 Å². The van der Waals surface area contributed by atoms with Gasteiger partial charge in [-0.3, -0.25) is 0 Å². The lowest BCUT2D eigenvalue weighted by Gasteiger charge is -2.16. The summed E-state index contributed by atoms with van der Waals surface area (Å²) in [6, 6.07) is 7.75. The van der Waals surface area contributed by atoms with Crippen LogP contribution in [0.3, 0.4) is 0 Å². The standard InChI is InChI=1S/C11H12N4O2S/c1-9-2-3-10(8-11(9)14)18(16,17)15(6-4-12)7-5-13/h2-3,8H,6-7,14H2,1H3. The van der Waals surface area contributed by atoms with Gasteiger partial charge in [0.15, 0.2) is 0 Å². The zero-order valence-corrected chi connectivity index (χ0v) is 10.6. The number of hydrogen-bond donors (Lipinski definition) is 1. The maximum atomic E-state index is 12.1. The monoisotopic (exact) mass is 264 g/mol. The van der Waals surface area contributed by atoms with Crippen LogP contribution in [-0.2, 0) is 10.0 Å². The van der Waals surface area contributed by atoms with Crippen molar-refractivity contribution < 1.29 is 8.42 Å². The second kappa shape index (κ2) is 5.50. The molecule has 0 atom stereocenters. The molecule has 94 valence electrons. The largest absolute Gasteiger partial charge is 0.398 e. The molecule has 0 aliphatic heterocycles. The van der Waals surface area contributed by atoms with Gasteiger partial charge in [0.1, 0.15) is 13.1 Å². The van der Waals surface area contributed by atoms with Gasteiger partial charge >= 0.3 is 0 Å². The summed E-state index contributed by atoms with van der Waals surface area (Å²) >= 11 is 0. The van der Waals surface area contributed by atoms with Crippen molar-refractivity contribution in [2.75, 3.05) is 18.8 Å². The van der Waals surface area contributed by atoms with E-state index < -0.39 is 10.0 Å². The van der Waals surface area contributed by atoms with E-state index in [-0.39, 0.29) is 18.0 Å². The molecule has 0 saturated carbocycles. The highest BCUT2D eigenvalue weighted by Crippen LogP contribution is 2.20. The van der Waals surface area contributed by atoms with Crippen LogP contribution in [0.4, 0.5) is 5.69 Å². The molecule has 1 aromatic rings. The van der Waals surface area contributed by atoms with Gasteiger partial charge in [-0.1, -0.05) is 6.07 Å². The smallest absolute Gasteiger partial charge is 0.245 e. The molecular weight excluding hydrogens is 252 g/mol. The third-order valence-electron chi connectivity index (χ3n) is 2.38. The highest BCUT2D eigenvalue weighted by atomic mass is 32.2. The number of benzene rings is 1. The van der Waals surface area contributed by atoms with E-state index in [1.54, 1.807) is 25.1 Å². The van der Waals surface area contributed by atoms with Crippen molar-refractivity contribution in [2.45, 2.75) is 11.8 Å². The zero-order chi connectivity index (χ0) is 13.8. The van der Waals surface area contributed by atoms with Crippen LogP contribution >= 0.6 is 0 Å². The van der Waals surface area contributed by atoms with Crippen molar-refractivity contribution in [1.82, 2.24) is 4.31 Å². The number of nitrogens with two attached hydrogens (primary N) is 1. The van der Waals surface area contributed by atoms with Crippen LogP contribution in [0, 0.1) is 29.6 Å². The van der Waals surface area contributed by atoms with E-state index in [2.05, 4.69) is 0 Å². The molecule has 0 spiro atoms. The molecule has 0 amide bonds. The summed E-state index contributed by atoms with van der Waals surface area (Å²) in [5.41, 5.74) is 6.77. The van der Waals surface area contributed by atoms with Gasteiger partial charge in [0, 0.05) is 5.69 Å². The molecule has 6 nitrogen and oxygen atoms in total. The Hall–Kier alpha value is -2.09. The quantitative estimate of drug-likeness (QED) is 0.632. The highest BCUT2D eigenvalue weighted by Gasteiger charge is 2.24. The first-order valence-electron chi connectivity index (χ1n) is 5.03. The maximum Gasteiger partial charge on any atom is 0.245 e. The van der Waals surface area contributed by atoms with E-state index in [0.717, 1.165) is 9.87 Å². The first-order valence-corrected chi connectivity index (χ1v) is 6.47. The predicted molar refractivity (Wildman–Crippen MR) is 65.6 cm³/mol. The van der Waals surface area contributed by atoms with Crippen LogP contribution < -0.4 is 5.73 Å². The molecule has 0 aromatic heterocycles. The van der Waals surface area contributed by atoms with Crippen molar-refractivity contribution in [1.29, 1.82) is 10.5 Å². The summed E-state index contributed by atoms with van der Waals surface area (Å²) in [7, 11) is -3.86. The van der Waals surface area contributed by atoms with Crippen LogP contribution in [0.15, 0.2) is 23.1 Å². The molecule has 2 N–H and O–H groups in total. The topological polar surface area (TPSA) is 111 Å². The number of nitriles is 2. The van der Waals surface area contributed by atoms with Crippen LogP contribution in [-0.4, -0.2) is 25.8 Å². The Balaban J connectivity index is 3.23. The molecule has 18 heavy (non-hydrogen) atoms. The molecule has 0 radical (unpaired) electrons. The van der Waals surface area contributed by atoms with E-state index in [4.69, 9.17) is 16.3 Å². The van der Waals surface area contributed by atoms with E-state index in [0.29, 0.717) is 5.69 Å². The third kappa shape index (κ3) is 2.77. The Morgan fingerprint density at radius 3 is 2.28 bits per heavy atom. The molecule has 0 aliphatic rings. The van der Waals surface area contributed by atoms with E-state index in [1.807, 2.05) is 0 Å². The van der Waals surface area contributed by atoms with Crippen molar-refractivity contribution in [2.24, 2.45) is 0 Å². The number of rotatable bonds is 4. The maximum absolute atomic E-state index is 12.1. The van der Waals surface area contributed by atoms with E-state index in [9.17, 15) is 8.42 Å². The Kier molecular flexibility index (Phi) is 4.27. The lowest BCUT2D eigenvalue weighted by Crippen LogP contribution is -2.31. The second-order valence-corrected chi connectivity index (χ2v) is 5.55. The van der Waals surface area contributed by atoms with Crippen LogP contribution in [0.2, 0.25) is 0 Å². The lowest BCUT2D eigenvalue weighted by atomic mass is 10.2. The van der Waals surface area contributed by atoms with Crippen molar-refractivity contribution in [3.63, 3.8) is 0 Å².